The van der Waals surface area contributed by atoms with Crippen molar-refractivity contribution in [3.05, 3.63) is 147 Å². The van der Waals surface area contributed by atoms with Crippen molar-refractivity contribution in [2.75, 3.05) is 13.2 Å². The highest BCUT2D eigenvalue weighted by atomic mass is 79.9. The summed E-state index contributed by atoms with van der Waals surface area (Å²) in [6, 6.07) is 31.2. The van der Waals surface area contributed by atoms with Gasteiger partial charge in [-0.15, -0.1) is 22.7 Å². The van der Waals surface area contributed by atoms with Crippen molar-refractivity contribution in [3.8, 4) is 32.7 Å². The van der Waals surface area contributed by atoms with E-state index in [2.05, 4.69) is 172 Å². The second-order valence-corrected chi connectivity index (χ2v) is 19.6. The summed E-state index contributed by atoms with van der Waals surface area (Å²) in [7, 11) is 0. The van der Waals surface area contributed by atoms with Crippen LogP contribution in [-0.2, 0) is 23.7 Å². The molecule has 0 amide bonds. The molecule has 0 radical (unpaired) electrons. The van der Waals surface area contributed by atoms with Crippen molar-refractivity contribution in [1.29, 1.82) is 0 Å². The topological polar surface area (TPSA) is 40.5 Å². The van der Waals surface area contributed by atoms with Crippen molar-refractivity contribution < 1.29 is 10.2 Å². The highest BCUT2D eigenvalue weighted by molar-refractivity contribution is 9.10. The molecule has 2 heterocycles. The van der Waals surface area contributed by atoms with Crippen LogP contribution in [0.2, 0.25) is 0 Å². The Morgan fingerprint density at radius 3 is 1.48 bits per heavy atom. The van der Waals surface area contributed by atoms with E-state index in [1.165, 1.54) is 86.3 Å². The fourth-order valence-corrected chi connectivity index (χ4v) is 10.6. The van der Waals surface area contributed by atoms with Crippen LogP contribution in [-0.4, -0.2) is 23.4 Å². The molecule has 0 saturated heterocycles. The van der Waals surface area contributed by atoms with Crippen molar-refractivity contribution in [2.45, 2.75) is 79.1 Å². The molecule has 0 atom stereocenters. The van der Waals surface area contributed by atoms with Gasteiger partial charge in [0.1, 0.15) is 0 Å². The Bertz CT molecular complexity index is 2200. The van der Waals surface area contributed by atoms with E-state index in [1.54, 1.807) is 11.3 Å². The minimum atomic E-state index is 0.0240. The molecule has 6 aromatic rings. The molecule has 0 fully saturated rings. The van der Waals surface area contributed by atoms with Crippen LogP contribution in [0.4, 0.5) is 0 Å². The van der Waals surface area contributed by atoms with Crippen LogP contribution < -0.4 is 0 Å². The number of aryl methyl sites for hydroxylation is 4. The number of hydrogen-bond acceptors (Lipinski definition) is 4. The molecule has 2 aliphatic rings. The van der Waals surface area contributed by atoms with Crippen LogP contribution >= 0.6 is 54.5 Å². The van der Waals surface area contributed by atoms with E-state index in [9.17, 15) is 5.11 Å². The Morgan fingerprint density at radius 2 is 0.962 bits per heavy atom. The first-order chi connectivity index (χ1) is 24.6. The average Bonchev–Trinajstić information content (AvgIpc) is 3.76. The number of benzene rings is 4. The Morgan fingerprint density at radius 1 is 0.519 bits per heavy atom. The number of fused-ring (bicyclic) bond motifs is 6. The first kappa shape index (κ1) is 38.9. The van der Waals surface area contributed by atoms with E-state index in [1.807, 2.05) is 11.3 Å². The van der Waals surface area contributed by atoms with Crippen LogP contribution in [0.5, 0.6) is 0 Å². The zero-order valence-electron chi connectivity index (χ0n) is 31.4. The zero-order valence-corrected chi connectivity index (χ0v) is 36.2. The molecule has 0 saturated carbocycles. The Hall–Kier alpha value is -2.84. The molecular weight excluding hydrogens is 808 g/mol. The lowest BCUT2D eigenvalue weighted by molar-refractivity contribution is 0.299. The lowest BCUT2D eigenvalue weighted by Gasteiger charge is -2.22. The Labute approximate surface area is 334 Å². The standard InChI is InChI=1S/C23H24OS.C15H12Br2.C8H12OS/c1-14-5-7-18-19-8-6-16(13-21(19)23(3,4)20(18)11-14)22-17(9-10-24)12-15(2)25-22;1-15(2)13-7-9(16)3-5-11(13)12-6-4-10(17)8-14(12)15;1-6-5-8(3-4-9)7(2)10-6/h5-8,11-13,24H,9-10H2,1-4H3;3-8H,1-2H3;5,9H,3-4H2,1-2H3. The molecule has 8 rings (SSSR count). The van der Waals surface area contributed by atoms with Gasteiger partial charge in [-0.2, -0.15) is 0 Å². The third-order valence-electron chi connectivity index (χ3n) is 10.5. The largest absolute Gasteiger partial charge is 0.396 e. The molecule has 0 unspecified atom stereocenters. The van der Waals surface area contributed by atoms with Gasteiger partial charge in [-0.3, -0.25) is 0 Å². The fraction of sp³-hybridized carbons (Fsp3) is 0.304. The van der Waals surface area contributed by atoms with E-state index in [-0.39, 0.29) is 24.0 Å². The summed E-state index contributed by atoms with van der Waals surface area (Å²) >= 11 is 10.8. The zero-order chi connectivity index (χ0) is 37.5. The maximum absolute atomic E-state index is 9.39. The van der Waals surface area contributed by atoms with E-state index >= 15 is 0 Å². The van der Waals surface area contributed by atoms with Crippen molar-refractivity contribution in [3.63, 3.8) is 0 Å². The first-order valence-corrected chi connectivity index (χ1v) is 21.1. The quantitative estimate of drug-likeness (QED) is 0.181. The predicted molar refractivity (Wildman–Crippen MR) is 232 cm³/mol. The Balaban J connectivity index is 0.000000148. The minimum absolute atomic E-state index is 0.0240. The van der Waals surface area contributed by atoms with Gasteiger partial charge in [0.05, 0.1) is 0 Å². The normalized spacial score (nSPS) is 14.0. The van der Waals surface area contributed by atoms with Gasteiger partial charge in [-0.1, -0.05) is 108 Å². The van der Waals surface area contributed by atoms with Gasteiger partial charge in [0.2, 0.25) is 0 Å². The summed E-state index contributed by atoms with van der Waals surface area (Å²) in [5.74, 6) is 0. The number of thiophene rings is 2. The molecule has 2 aliphatic carbocycles. The summed E-state index contributed by atoms with van der Waals surface area (Å²) in [5.41, 5.74) is 16.4. The fourth-order valence-electron chi connectivity index (χ4n) is 7.84. The van der Waals surface area contributed by atoms with Gasteiger partial charge in [-0.25, -0.2) is 0 Å². The van der Waals surface area contributed by atoms with E-state index in [0.29, 0.717) is 0 Å². The van der Waals surface area contributed by atoms with Crippen LogP contribution in [0.15, 0.2) is 93.9 Å². The van der Waals surface area contributed by atoms with E-state index in [0.717, 1.165) is 21.8 Å². The maximum Gasteiger partial charge on any atom is 0.0471 e. The molecule has 2 nitrogen and oxygen atoms in total. The highest BCUT2D eigenvalue weighted by Gasteiger charge is 2.36. The van der Waals surface area contributed by atoms with Gasteiger partial charge >= 0.3 is 0 Å². The maximum atomic E-state index is 9.39. The van der Waals surface area contributed by atoms with Gasteiger partial charge in [-0.05, 0) is 144 Å². The van der Waals surface area contributed by atoms with E-state index in [4.69, 9.17) is 5.11 Å². The van der Waals surface area contributed by atoms with Gasteiger partial charge < -0.3 is 10.2 Å². The summed E-state index contributed by atoms with van der Waals surface area (Å²) in [6.07, 6.45) is 1.52. The summed E-state index contributed by atoms with van der Waals surface area (Å²) in [4.78, 5) is 5.28. The van der Waals surface area contributed by atoms with Crippen LogP contribution in [0.1, 0.15) is 81.3 Å². The van der Waals surface area contributed by atoms with Crippen LogP contribution in [0.25, 0.3) is 32.7 Å². The SMILES string of the molecule is CC1(C)c2cc(Br)ccc2-c2ccc(Br)cc21.Cc1cc(CCO)c(C)s1.Cc1ccc2c(c1)C(C)(C)c1cc(-c3sc(C)cc3CCO)ccc1-2. The smallest absolute Gasteiger partial charge is 0.0471 e. The molecule has 4 aromatic carbocycles. The van der Waals surface area contributed by atoms with Gasteiger partial charge in [0, 0.05) is 52.5 Å². The van der Waals surface area contributed by atoms with Crippen LogP contribution in [0.3, 0.4) is 0 Å². The third-order valence-corrected chi connectivity index (χ3v) is 13.7. The number of halogens is 2. The molecule has 2 N–H and O–H groups in total. The summed E-state index contributed by atoms with van der Waals surface area (Å²) in [6.45, 7) is 18.2. The average molecular weight is 857 g/mol. The second-order valence-electron chi connectivity index (χ2n) is 15.0. The number of aliphatic hydroxyl groups excluding tert-OH is 2. The summed E-state index contributed by atoms with van der Waals surface area (Å²) < 4.78 is 2.30. The predicted octanol–water partition coefficient (Wildman–Crippen LogP) is 13.3. The lowest BCUT2D eigenvalue weighted by atomic mass is 9.81. The number of aliphatic hydroxyl groups is 2. The van der Waals surface area contributed by atoms with Gasteiger partial charge in [0.15, 0.2) is 0 Å². The van der Waals surface area contributed by atoms with Crippen molar-refractivity contribution in [2.24, 2.45) is 0 Å². The molecular formula is C46H48Br2O2S2. The monoisotopic (exact) mass is 854 g/mol. The second kappa shape index (κ2) is 15.5. The molecule has 52 heavy (non-hydrogen) atoms. The molecule has 6 heteroatoms. The lowest BCUT2D eigenvalue weighted by Crippen LogP contribution is -2.15. The first-order valence-electron chi connectivity index (χ1n) is 17.9. The molecule has 0 bridgehead atoms. The number of hydrogen-bond donors (Lipinski definition) is 2. The molecule has 0 spiro atoms. The Kier molecular flexibility index (Phi) is 11.6. The highest BCUT2D eigenvalue weighted by Crippen LogP contribution is 2.51. The third kappa shape index (κ3) is 7.58. The van der Waals surface area contributed by atoms with E-state index < -0.39 is 0 Å². The van der Waals surface area contributed by atoms with Crippen molar-refractivity contribution in [1.82, 2.24) is 0 Å². The summed E-state index contributed by atoms with van der Waals surface area (Å²) in [5, 5.41) is 18.0. The van der Waals surface area contributed by atoms with Gasteiger partial charge in [0.25, 0.3) is 0 Å². The molecule has 2 aromatic heterocycles. The number of rotatable bonds is 5. The van der Waals surface area contributed by atoms with Crippen molar-refractivity contribution >= 4 is 54.5 Å². The molecule has 270 valence electrons. The van der Waals surface area contributed by atoms with Crippen LogP contribution in [0, 0.1) is 27.7 Å². The minimum Gasteiger partial charge on any atom is -0.396 e. The molecule has 0 aliphatic heterocycles.